The van der Waals surface area contributed by atoms with Crippen molar-refractivity contribution in [1.29, 1.82) is 0 Å². The van der Waals surface area contributed by atoms with Gasteiger partial charge in [-0.25, -0.2) is 0 Å². The van der Waals surface area contributed by atoms with Gasteiger partial charge in [0.15, 0.2) is 0 Å². The molecule has 0 unspecified atom stereocenters. The van der Waals surface area contributed by atoms with Crippen molar-refractivity contribution < 1.29 is 4.74 Å². The maximum Gasteiger partial charge on any atom is 0.125 e. The molecule has 0 aliphatic heterocycles. The van der Waals surface area contributed by atoms with Crippen molar-refractivity contribution in [3.63, 3.8) is 0 Å². The summed E-state index contributed by atoms with van der Waals surface area (Å²) < 4.78 is 5.69. The zero-order chi connectivity index (χ0) is 12.8. The predicted octanol–water partition coefficient (Wildman–Crippen LogP) is 3.79. The van der Waals surface area contributed by atoms with E-state index in [0.29, 0.717) is 19.2 Å². The van der Waals surface area contributed by atoms with Crippen molar-refractivity contribution in [3.05, 3.63) is 40.9 Å². The second-order valence-corrected chi connectivity index (χ2v) is 4.91. The summed E-state index contributed by atoms with van der Waals surface area (Å²) in [5.74, 6) is 0.827. The monoisotopic (exact) mass is 253 g/mol. The van der Waals surface area contributed by atoms with Crippen LogP contribution in [0.4, 0.5) is 0 Å². The Labute approximate surface area is 109 Å². The molecule has 0 heterocycles. The van der Waals surface area contributed by atoms with Crippen LogP contribution in [0.2, 0.25) is 5.02 Å². The smallest absolute Gasteiger partial charge is 0.125 e. The lowest BCUT2D eigenvalue weighted by Gasteiger charge is -2.15. The van der Waals surface area contributed by atoms with E-state index in [0.717, 1.165) is 21.9 Å². The van der Waals surface area contributed by atoms with Gasteiger partial charge in [0.1, 0.15) is 12.4 Å². The summed E-state index contributed by atoms with van der Waals surface area (Å²) >= 11 is 6.19. The summed E-state index contributed by atoms with van der Waals surface area (Å²) in [7, 11) is 0. The van der Waals surface area contributed by atoms with Gasteiger partial charge in [0.05, 0.1) is 0 Å². The van der Waals surface area contributed by atoms with E-state index in [1.54, 1.807) is 0 Å². The van der Waals surface area contributed by atoms with Crippen LogP contribution in [-0.2, 0) is 6.54 Å². The fourth-order valence-corrected chi connectivity index (χ4v) is 1.59. The van der Waals surface area contributed by atoms with Crippen molar-refractivity contribution in [2.75, 3.05) is 6.61 Å². The van der Waals surface area contributed by atoms with E-state index in [-0.39, 0.29) is 0 Å². The first-order valence-corrected chi connectivity index (χ1v) is 6.16. The van der Waals surface area contributed by atoms with Crippen LogP contribution in [0.25, 0.3) is 0 Å². The standard InChI is InChI=1S/C14H20ClNO/c1-10(2)9-17-14-7-5-6-13(15)12(14)8-16-11(3)4/h5-7,11,16H,1,8-9H2,2-4H3. The minimum Gasteiger partial charge on any atom is -0.489 e. The third kappa shape index (κ3) is 4.80. The highest BCUT2D eigenvalue weighted by atomic mass is 35.5. The van der Waals surface area contributed by atoms with Crippen molar-refractivity contribution in [3.8, 4) is 5.75 Å². The molecule has 0 saturated carbocycles. The summed E-state index contributed by atoms with van der Waals surface area (Å²) in [5, 5.41) is 4.08. The molecule has 3 heteroatoms. The minimum atomic E-state index is 0.417. The Morgan fingerprint density at radius 2 is 2.18 bits per heavy atom. The molecule has 1 rings (SSSR count). The number of benzene rings is 1. The third-order valence-corrected chi connectivity index (χ3v) is 2.59. The highest BCUT2D eigenvalue weighted by Gasteiger charge is 2.08. The molecule has 0 amide bonds. The largest absolute Gasteiger partial charge is 0.489 e. The summed E-state index contributed by atoms with van der Waals surface area (Å²) in [6, 6.07) is 6.13. The average Bonchev–Trinajstić information content (AvgIpc) is 2.24. The second-order valence-electron chi connectivity index (χ2n) is 4.50. The number of ether oxygens (including phenoxy) is 1. The maximum atomic E-state index is 6.19. The number of halogens is 1. The third-order valence-electron chi connectivity index (χ3n) is 2.24. The van der Waals surface area contributed by atoms with Crippen LogP contribution in [0.3, 0.4) is 0 Å². The molecule has 1 N–H and O–H groups in total. The topological polar surface area (TPSA) is 21.3 Å². The lowest BCUT2D eigenvalue weighted by Crippen LogP contribution is -2.22. The molecule has 0 bridgehead atoms. The van der Waals surface area contributed by atoms with Gasteiger partial charge in [-0.2, -0.15) is 0 Å². The Hall–Kier alpha value is -0.990. The molecule has 0 aliphatic rings. The van der Waals surface area contributed by atoms with Crippen LogP contribution >= 0.6 is 11.6 Å². The number of rotatable bonds is 6. The zero-order valence-electron chi connectivity index (χ0n) is 10.7. The molecule has 0 aromatic heterocycles. The SMILES string of the molecule is C=C(C)COc1cccc(Cl)c1CNC(C)C. The normalized spacial score (nSPS) is 10.6. The van der Waals surface area contributed by atoms with Gasteiger partial charge in [0, 0.05) is 23.2 Å². The molecule has 0 spiro atoms. The van der Waals surface area contributed by atoms with Crippen LogP contribution in [0.1, 0.15) is 26.3 Å². The van der Waals surface area contributed by atoms with E-state index in [9.17, 15) is 0 Å². The lowest BCUT2D eigenvalue weighted by molar-refractivity contribution is 0.347. The number of hydrogen-bond acceptors (Lipinski definition) is 2. The highest BCUT2D eigenvalue weighted by molar-refractivity contribution is 6.31. The maximum absolute atomic E-state index is 6.19. The highest BCUT2D eigenvalue weighted by Crippen LogP contribution is 2.26. The van der Waals surface area contributed by atoms with Gasteiger partial charge in [-0.1, -0.05) is 38.1 Å². The molecule has 0 saturated heterocycles. The van der Waals surface area contributed by atoms with Crippen molar-refractivity contribution in [2.45, 2.75) is 33.4 Å². The van der Waals surface area contributed by atoms with Gasteiger partial charge in [-0.05, 0) is 24.6 Å². The molecule has 1 aromatic carbocycles. The van der Waals surface area contributed by atoms with E-state index < -0.39 is 0 Å². The molecule has 1 aromatic rings. The van der Waals surface area contributed by atoms with Crippen LogP contribution in [0.5, 0.6) is 5.75 Å². The zero-order valence-corrected chi connectivity index (χ0v) is 11.5. The molecular weight excluding hydrogens is 234 g/mol. The summed E-state index contributed by atoms with van der Waals surface area (Å²) in [6.45, 7) is 11.2. The molecular formula is C14H20ClNO. The molecule has 17 heavy (non-hydrogen) atoms. The fourth-order valence-electron chi connectivity index (χ4n) is 1.35. The van der Waals surface area contributed by atoms with E-state index in [1.165, 1.54) is 0 Å². The van der Waals surface area contributed by atoms with Crippen LogP contribution < -0.4 is 10.1 Å². The quantitative estimate of drug-likeness (QED) is 0.779. The first kappa shape index (κ1) is 14.1. The Balaban J connectivity index is 2.80. The Bertz CT molecular complexity index is 388. The van der Waals surface area contributed by atoms with Crippen LogP contribution in [-0.4, -0.2) is 12.6 Å². The molecule has 0 atom stereocenters. The minimum absolute atomic E-state index is 0.417. The Morgan fingerprint density at radius 3 is 2.76 bits per heavy atom. The van der Waals surface area contributed by atoms with Crippen molar-refractivity contribution in [2.24, 2.45) is 0 Å². The van der Waals surface area contributed by atoms with Gasteiger partial charge in [0.2, 0.25) is 0 Å². The predicted molar refractivity (Wildman–Crippen MR) is 73.7 cm³/mol. The molecule has 0 fully saturated rings. The fraction of sp³-hybridized carbons (Fsp3) is 0.429. The Morgan fingerprint density at radius 1 is 1.47 bits per heavy atom. The first-order valence-electron chi connectivity index (χ1n) is 5.78. The van der Waals surface area contributed by atoms with Gasteiger partial charge >= 0.3 is 0 Å². The average molecular weight is 254 g/mol. The van der Waals surface area contributed by atoms with E-state index >= 15 is 0 Å². The summed E-state index contributed by atoms with van der Waals surface area (Å²) in [6.07, 6.45) is 0. The van der Waals surface area contributed by atoms with Gasteiger partial charge < -0.3 is 10.1 Å². The molecule has 2 nitrogen and oxygen atoms in total. The first-order chi connectivity index (χ1) is 8.00. The van der Waals surface area contributed by atoms with E-state index in [2.05, 4.69) is 25.7 Å². The molecule has 94 valence electrons. The summed E-state index contributed by atoms with van der Waals surface area (Å²) in [4.78, 5) is 0. The lowest BCUT2D eigenvalue weighted by atomic mass is 10.2. The van der Waals surface area contributed by atoms with Gasteiger partial charge in [0.25, 0.3) is 0 Å². The molecule has 0 aliphatic carbocycles. The Kier molecular flexibility index (Phi) is 5.52. The number of hydrogen-bond donors (Lipinski definition) is 1. The van der Waals surface area contributed by atoms with E-state index in [1.807, 2.05) is 25.1 Å². The van der Waals surface area contributed by atoms with Crippen molar-refractivity contribution in [1.82, 2.24) is 5.32 Å². The van der Waals surface area contributed by atoms with Crippen molar-refractivity contribution >= 4 is 11.6 Å². The second kappa shape index (κ2) is 6.67. The van der Waals surface area contributed by atoms with Gasteiger partial charge in [-0.3, -0.25) is 0 Å². The van der Waals surface area contributed by atoms with Crippen LogP contribution in [0.15, 0.2) is 30.4 Å². The number of nitrogens with one attached hydrogen (secondary N) is 1. The van der Waals surface area contributed by atoms with Crippen LogP contribution in [0, 0.1) is 0 Å². The van der Waals surface area contributed by atoms with Gasteiger partial charge in [-0.15, -0.1) is 0 Å². The molecule has 0 radical (unpaired) electrons. The summed E-state index contributed by atoms with van der Waals surface area (Å²) in [5.41, 5.74) is 2.00. The van der Waals surface area contributed by atoms with E-state index in [4.69, 9.17) is 16.3 Å².